The molecular weight excluding hydrogens is 332 g/mol. The molecule has 0 unspecified atom stereocenters. The van der Waals surface area contributed by atoms with Gasteiger partial charge in [0.15, 0.2) is 11.5 Å². The highest BCUT2D eigenvalue weighted by molar-refractivity contribution is 5.70. The highest BCUT2D eigenvalue weighted by Gasteiger charge is 2.19. The standard InChI is InChI=1S/C19H22N4O3/c1-22(6-7-24)12-15-19(21-18-5-3-14(20)11-23(15)18)13-2-4-16-17(10-13)26-9-8-25-16/h2-5,10-11,24H,6-9,12,20H2,1H3. The molecule has 136 valence electrons. The number of rotatable bonds is 5. The van der Waals surface area contributed by atoms with E-state index in [1.807, 2.05) is 52.9 Å². The molecule has 26 heavy (non-hydrogen) atoms. The normalized spacial score (nSPS) is 13.5. The maximum atomic E-state index is 9.23. The summed E-state index contributed by atoms with van der Waals surface area (Å²) in [6.45, 7) is 2.43. The number of nitrogens with two attached hydrogens (primary N) is 1. The number of imidazole rings is 1. The predicted molar refractivity (Wildman–Crippen MR) is 99.5 cm³/mol. The highest BCUT2D eigenvalue weighted by atomic mass is 16.6. The summed E-state index contributed by atoms with van der Waals surface area (Å²) in [5.41, 5.74) is 10.3. The minimum Gasteiger partial charge on any atom is -0.486 e. The third kappa shape index (κ3) is 3.07. The Kier molecular flexibility index (Phi) is 4.40. The van der Waals surface area contributed by atoms with Crippen LogP contribution in [0.2, 0.25) is 0 Å². The molecule has 1 aliphatic heterocycles. The first-order valence-electron chi connectivity index (χ1n) is 8.61. The molecule has 4 rings (SSSR count). The molecule has 2 aromatic heterocycles. The number of hydrogen-bond acceptors (Lipinski definition) is 6. The van der Waals surface area contributed by atoms with Crippen LogP contribution in [-0.4, -0.2) is 52.8 Å². The molecule has 0 bridgehead atoms. The van der Waals surface area contributed by atoms with Crippen LogP contribution in [-0.2, 0) is 6.54 Å². The number of ether oxygens (including phenoxy) is 2. The molecule has 7 heteroatoms. The number of aliphatic hydroxyl groups excluding tert-OH is 1. The summed E-state index contributed by atoms with van der Waals surface area (Å²) in [5, 5.41) is 9.23. The van der Waals surface area contributed by atoms with Gasteiger partial charge in [-0.3, -0.25) is 4.90 Å². The van der Waals surface area contributed by atoms with Gasteiger partial charge in [-0.05, 0) is 37.4 Å². The van der Waals surface area contributed by atoms with Crippen molar-refractivity contribution in [2.24, 2.45) is 0 Å². The molecule has 0 atom stereocenters. The lowest BCUT2D eigenvalue weighted by Gasteiger charge is -2.19. The van der Waals surface area contributed by atoms with Gasteiger partial charge in [0.25, 0.3) is 0 Å². The number of nitrogens with zero attached hydrogens (tertiary/aromatic N) is 3. The van der Waals surface area contributed by atoms with E-state index < -0.39 is 0 Å². The van der Waals surface area contributed by atoms with Crippen molar-refractivity contribution in [3.8, 4) is 22.8 Å². The Bertz CT molecular complexity index is 938. The number of nitrogen functional groups attached to an aromatic ring is 1. The van der Waals surface area contributed by atoms with E-state index in [0.29, 0.717) is 32.0 Å². The van der Waals surface area contributed by atoms with Gasteiger partial charge in [0.1, 0.15) is 18.9 Å². The summed E-state index contributed by atoms with van der Waals surface area (Å²) in [4.78, 5) is 6.86. The predicted octanol–water partition coefficient (Wildman–Crippen LogP) is 1.78. The fourth-order valence-electron chi connectivity index (χ4n) is 3.19. The van der Waals surface area contributed by atoms with Crippen LogP contribution < -0.4 is 15.2 Å². The highest BCUT2D eigenvalue weighted by Crippen LogP contribution is 2.36. The number of anilines is 1. The summed E-state index contributed by atoms with van der Waals surface area (Å²) in [7, 11) is 1.97. The summed E-state index contributed by atoms with van der Waals surface area (Å²) >= 11 is 0. The van der Waals surface area contributed by atoms with E-state index in [-0.39, 0.29) is 6.61 Å². The Morgan fingerprint density at radius 2 is 2.00 bits per heavy atom. The molecule has 0 aliphatic carbocycles. The zero-order valence-corrected chi connectivity index (χ0v) is 14.7. The van der Waals surface area contributed by atoms with Crippen molar-refractivity contribution in [3.05, 3.63) is 42.2 Å². The lowest BCUT2D eigenvalue weighted by Crippen LogP contribution is -2.22. The molecule has 7 nitrogen and oxygen atoms in total. The molecule has 1 aromatic carbocycles. The van der Waals surface area contributed by atoms with Gasteiger partial charge in [-0.25, -0.2) is 4.98 Å². The molecule has 0 spiro atoms. The quantitative estimate of drug-likeness (QED) is 0.726. The number of fused-ring (bicyclic) bond motifs is 2. The van der Waals surface area contributed by atoms with Crippen molar-refractivity contribution in [2.75, 3.05) is 39.1 Å². The second-order valence-corrected chi connectivity index (χ2v) is 6.42. The number of hydrogen-bond donors (Lipinski definition) is 2. The van der Waals surface area contributed by atoms with E-state index in [9.17, 15) is 5.11 Å². The van der Waals surface area contributed by atoms with E-state index in [2.05, 4.69) is 0 Å². The van der Waals surface area contributed by atoms with Gasteiger partial charge in [0.05, 0.1) is 18.0 Å². The minimum absolute atomic E-state index is 0.106. The number of aromatic nitrogens is 2. The Balaban J connectivity index is 1.83. The van der Waals surface area contributed by atoms with Crippen molar-refractivity contribution >= 4 is 11.3 Å². The SMILES string of the molecule is CN(CCO)Cc1c(-c2ccc3c(c2)OCCO3)nc2ccc(N)cn12. The fourth-order valence-corrected chi connectivity index (χ4v) is 3.19. The van der Waals surface area contributed by atoms with Gasteiger partial charge in [0, 0.05) is 30.5 Å². The van der Waals surface area contributed by atoms with Crippen molar-refractivity contribution in [1.29, 1.82) is 0 Å². The molecular formula is C19H22N4O3. The Hall–Kier alpha value is -2.77. The summed E-state index contributed by atoms with van der Waals surface area (Å²) in [5.74, 6) is 1.49. The zero-order chi connectivity index (χ0) is 18.1. The smallest absolute Gasteiger partial charge is 0.162 e. The third-order valence-electron chi connectivity index (χ3n) is 4.46. The van der Waals surface area contributed by atoms with Crippen LogP contribution in [0, 0.1) is 0 Å². The molecule has 0 fully saturated rings. The van der Waals surface area contributed by atoms with E-state index in [4.69, 9.17) is 20.2 Å². The minimum atomic E-state index is 0.106. The molecule has 3 aromatic rings. The molecule has 0 radical (unpaired) electrons. The van der Waals surface area contributed by atoms with E-state index in [1.54, 1.807) is 0 Å². The van der Waals surface area contributed by atoms with Crippen LogP contribution in [0.15, 0.2) is 36.5 Å². The third-order valence-corrected chi connectivity index (χ3v) is 4.46. The fraction of sp³-hybridized carbons (Fsp3) is 0.316. The van der Waals surface area contributed by atoms with Crippen molar-refractivity contribution in [2.45, 2.75) is 6.54 Å². The number of aliphatic hydroxyl groups is 1. The molecule has 3 N–H and O–H groups in total. The zero-order valence-electron chi connectivity index (χ0n) is 14.7. The maximum Gasteiger partial charge on any atom is 0.162 e. The van der Waals surface area contributed by atoms with E-state index >= 15 is 0 Å². The number of pyridine rings is 1. The van der Waals surface area contributed by atoms with Gasteiger partial charge in [-0.1, -0.05) is 0 Å². The van der Waals surface area contributed by atoms with Crippen molar-refractivity contribution < 1.29 is 14.6 Å². The van der Waals surface area contributed by atoms with Crippen LogP contribution in [0.1, 0.15) is 5.69 Å². The van der Waals surface area contributed by atoms with Gasteiger partial charge in [0.2, 0.25) is 0 Å². The maximum absolute atomic E-state index is 9.23. The molecule has 1 aliphatic rings. The molecule has 3 heterocycles. The molecule has 0 amide bonds. The lowest BCUT2D eigenvalue weighted by atomic mass is 10.1. The first-order valence-corrected chi connectivity index (χ1v) is 8.61. The van der Waals surface area contributed by atoms with Crippen LogP contribution in [0.4, 0.5) is 5.69 Å². The number of likely N-dealkylation sites (N-methyl/N-ethyl adjacent to an activating group) is 1. The average Bonchev–Trinajstić information content (AvgIpc) is 2.99. The van der Waals surface area contributed by atoms with Crippen molar-refractivity contribution in [1.82, 2.24) is 14.3 Å². The largest absolute Gasteiger partial charge is 0.486 e. The Morgan fingerprint density at radius 1 is 1.19 bits per heavy atom. The van der Waals surface area contributed by atoms with Crippen LogP contribution in [0.3, 0.4) is 0 Å². The second kappa shape index (κ2) is 6.86. The van der Waals surface area contributed by atoms with Gasteiger partial charge in [-0.2, -0.15) is 0 Å². The van der Waals surface area contributed by atoms with E-state index in [1.165, 1.54) is 0 Å². The van der Waals surface area contributed by atoms with Crippen molar-refractivity contribution in [3.63, 3.8) is 0 Å². The second-order valence-electron chi connectivity index (χ2n) is 6.42. The Labute approximate surface area is 151 Å². The van der Waals surface area contributed by atoms with E-state index in [0.717, 1.165) is 34.1 Å². The average molecular weight is 354 g/mol. The van der Waals surface area contributed by atoms with Crippen LogP contribution >= 0.6 is 0 Å². The first kappa shape index (κ1) is 16.7. The molecule has 0 saturated carbocycles. The Morgan fingerprint density at radius 3 is 2.81 bits per heavy atom. The first-order chi connectivity index (χ1) is 12.7. The van der Waals surface area contributed by atoms with Crippen LogP contribution in [0.5, 0.6) is 11.5 Å². The summed E-state index contributed by atoms with van der Waals surface area (Å²) < 4.78 is 13.3. The number of benzene rings is 1. The molecule has 0 saturated heterocycles. The van der Waals surface area contributed by atoms with Crippen LogP contribution in [0.25, 0.3) is 16.9 Å². The summed E-state index contributed by atoms with van der Waals surface area (Å²) in [6.07, 6.45) is 1.88. The van der Waals surface area contributed by atoms with Gasteiger partial charge in [-0.15, -0.1) is 0 Å². The van der Waals surface area contributed by atoms with Gasteiger partial charge < -0.3 is 24.7 Å². The summed E-state index contributed by atoms with van der Waals surface area (Å²) in [6, 6.07) is 9.64. The van der Waals surface area contributed by atoms with Gasteiger partial charge >= 0.3 is 0 Å². The lowest BCUT2D eigenvalue weighted by molar-refractivity contribution is 0.171. The monoisotopic (exact) mass is 354 g/mol. The topological polar surface area (TPSA) is 85.2 Å².